The number of carbonyl (C=O) groups excluding carboxylic acids is 1. The Kier molecular flexibility index (Phi) is 8.63. The lowest BCUT2D eigenvalue weighted by Crippen LogP contribution is -2.41. The topological polar surface area (TPSA) is 77.9 Å². The Morgan fingerprint density at radius 2 is 1.57 bits per heavy atom. The molecule has 0 aliphatic rings. The van der Waals surface area contributed by atoms with Crippen LogP contribution in [0.4, 0.5) is 5.69 Å². The average Bonchev–Trinajstić information content (AvgIpc) is 2.79. The number of aryl methyl sites for hydroxylation is 1. The molecule has 0 aromatic heterocycles. The number of anilines is 1. The van der Waals surface area contributed by atoms with E-state index in [0.717, 1.165) is 4.31 Å². The summed E-state index contributed by atoms with van der Waals surface area (Å²) in [5, 5.41) is 12.0. The molecule has 3 aromatic rings. The summed E-state index contributed by atoms with van der Waals surface area (Å²) in [5.74, 6) is -0.497. The minimum absolute atomic E-state index is 0.0423. The molecule has 186 valence electrons. The van der Waals surface area contributed by atoms with Crippen molar-refractivity contribution < 1.29 is 18.3 Å². The number of rotatable bonds is 7. The molecule has 0 saturated carbocycles. The Hall–Kier alpha value is -2.00. The van der Waals surface area contributed by atoms with Crippen molar-refractivity contribution in [3.63, 3.8) is 0 Å². The molecule has 1 N–H and O–H groups in total. The zero-order valence-electron chi connectivity index (χ0n) is 19.0. The van der Waals surface area contributed by atoms with E-state index in [1.807, 2.05) is 0 Å². The Morgan fingerprint density at radius 3 is 2.20 bits per heavy atom. The fraction of sp³-hybridized carbons (Fsp3) is 0.208. The first kappa shape index (κ1) is 27.6. The first-order chi connectivity index (χ1) is 16.3. The molecule has 0 aliphatic heterocycles. The van der Waals surface area contributed by atoms with Gasteiger partial charge in [-0.25, -0.2) is 8.42 Å². The molecule has 11 heteroatoms. The second-order valence-electron chi connectivity index (χ2n) is 7.96. The minimum Gasteiger partial charge on any atom is -0.384 e. The summed E-state index contributed by atoms with van der Waals surface area (Å²) in [6, 6.07) is 13.6. The molecule has 0 spiro atoms. The monoisotopic (exact) mass is 574 g/mol. The van der Waals surface area contributed by atoms with Gasteiger partial charge in [-0.2, -0.15) is 0 Å². The van der Waals surface area contributed by atoms with Crippen LogP contribution in [0.3, 0.4) is 0 Å². The van der Waals surface area contributed by atoms with E-state index in [-0.39, 0.29) is 31.2 Å². The van der Waals surface area contributed by atoms with Crippen LogP contribution < -0.4 is 4.31 Å². The zero-order chi connectivity index (χ0) is 26.1. The maximum Gasteiger partial charge on any atom is 0.266 e. The smallest absolute Gasteiger partial charge is 0.266 e. The van der Waals surface area contributed by atoms with Gasteiger partial charge < -0.3 is 10.0 Å². The van der Waals surface area contributed by atoms with Crippen molar-refractivity contribution in [2.75, 3.05) is 24.9 Å². The summed E-state index contributed by atoms with van der Waals surface area (Å²) in [7, 11) is -1.39. The van der Waals surface area contributed by atoms with Crippen LogP contribution in [0.5, 0.6) is 0 Å². The van der Waals surface area contributed by atoms with Gasteiger partial charge in [0.15, 0.2) is 0 Å². The van der Waals surface area contributed by atoms with Crippen LogP contribution in [0.2, 0.25) is 20.1 Å². The summed E-state index contributed by atoms with van der Waals surface area (Å²) in [5.41, 5.74) is 1.01. The molecule has 1 atom stereocenters. The van der Waals surface area contributed by atoms with E-state index < -0.39 is 28.6 Å². The number of amides is 1. The van der Waals surface area contributed by atoms with Gasteiger partial charge in [-0.1, -0.05) is 64.6 Å². The summed E-state index contributed by atoms with van der Waals surface area (Å²) in [4.78, 5) is 13.8. The molecule has 0 saturated heterocycles. The number of nitrogens with zero attached hydrogens (tertiary/aromatic N) is 2. The second-order valence-corrected chi connectivity index (χ2v) is 11.4. The normalized spacial score (nSPS) is 12.3. The predicted octanol–water partition coefficient (Wildman–Crippen LogP) is 5.97. The third-order valence-corrected chi connectivity index (χ3v) is 8.52. The van der Waals surface area contributed by atoms with Crippen LogP contribution in [-0.2, 0) is 14.8 Å². The molecule has 3 aromatic carbocycles. The highest BCUT2D eigenvalue weighted by molar-refractivity contribution is 7.93. The minimum atomic E-state index is -4.41. The van der Waals surface area contributed by atoms with Crippen molar-refractivity contribution in [2.45, 2.75) is 17.9 Å². The van der Waals surface area contributed by atoms with Gasteiger partial charge in [0.25, 0.3) is 10.0 Å². The van der Waals surface area contributed by atoms with Gasteiger partial charge in [-0.05, 0) is 48.9 Å². The lowest BCUT2D eigenvalue weighted by molar-refractivity contribution is -0.127. The third-order valence-electron chi connectivity index (χ3n) is 5.31. The van der Waals surface area contributed by atoms with Crippen LogP contribution in [-0.4, -0.2) is 45.0 Å². The number of sulfonamides is 1. The quantitative estimate of drug-likeness (QED) is 0.376. The Labute approximate surface area is 224 Å². The highest BCUT2D eigenvalue weighted by Crippen LogP contribution is 2.39. The Bertz CT molecular complexity index is 1380. The number of benzene rings is 3. The van der Waals surface area contributed by atoms with Crippen LogP contribution >= 0.6 is 46.4 Å². The molecular formula is C24H22Cl4N2O4S. The first-order valence-electron chi connectivity index (χ1n) is 10.2. The van der Waals surface area contributed by atoms with Crippen LogP contribution in [0.15, 0.2) is 59.5 Å². The van der Waals surface area contributed by atoms with Crippen molar-refractivity contribution in [2.24, 2.45) is 0 Å². The van der Waals surface area contributed by atoms with Gasteiger partial charge in [0, 0.05) is 40.3 Å². The first-order valence-corrected chi connectivity index (χ1v) is 13.2. The van der Waals surface area contributed by atoms with E-state index in [4.69, 9.17) is 46.4 Å². The van der Waals surface area contributed by atoms with Gasteiger partial charge >= 0.3 is 0 Å². The molecule has 6 nitrogen and oxygen atoms in total. The summed E-state index contributed by atoms with van der Waals surface area (Å²) < 4.78 is 28.7. The predicted molar refractivity (Wildman–Crippen MR) is 141 cm³/mol. The molecule has 3 rings (SSSR count). The second kappa shape index (κ2) is 10.9. The van der Waals surface area contributed by atoms with E-state index in [2.05, 4.69) is 0 Å². The van der Waals surface area contributed by atoms with Crippen molar-refractivity contribution in [3.8, 4) is 0 Å². The van der Waals surface area contributed by atoms with Crippen molar-refractivity contribution in [3.05, 3.63) is 91.4 Å². The van der Waals surface area contributed by atoms with E-state index >= 15 is 0 Å². The lowest BCUT2D eigenvalue weighted by atomic mass is 9.99. The third kappa shape index (κ3) is 5.88. The van der Waals surface area contributed by atoms with Gasteiger partial charge in [-0.3, -0.25) is 9.10 Å². The van der Waals surface area contributed by atoms with E-state index in [0.29, 0.717) is 16.1 Å². The zero-order valence-corrected chi connectivity index (χ0v) is 22.8. The van der Waals surface area contributed by atoms with Gasteiger partial charge in [-0.15, -0.1) is 0 Å². The standard InChI is InChI=1S/C24H22Cl4N2O4S/c1-14-10-22(20(28)12-19(14)27)35(33,34)30(13-23(31)29(2)3)21-9-8-15(25)11-17(21)24(32)16-6-4-5-7-18(16)26/h4-12,24,32H,13H2,1-3H3. The number of halogens is 4. The highest BCUT2D eigenvalue weighted by Gasteiger charge is 2.33. The molecule has 0 bridgehead atoms. The van der Waals surface area contributed by atoms with Gasteiger partial charge in [0.05, 0.1) is 10.7 Å². The average molecular weight is 576 g/mol. The van der Waals surface area contributed by atoms with Gasteiger partial charge in [0.2, 0.25) is 5.91 Å². The summed E-state index contributed by atoms with van der Waals surface area (Å²) >= 11 is 24.9. The molecular weight excluding hydrogens is 554 g/mol. The lowest BCUT2D eigenvalue weighted by Gasteiger charge is -2.29. The van der Waals surface area contributed by atoms with Gasteiger partial charge in [0.1, 0.15) is 17.5 Å². The molecule has 0 fully saturated rings. The number of aliphatic hydroxyl groups is 1. The number of likely N-dealkylation sites (N-methyl/N-ethyl adjacent to an activating group) is 1. The molecule has 0 aliphatic carbocycles. The molecule has 0 heterocycles. The molecule has 35 heavy (non-hydrogen) atoms. The van der Waals surface area contributed by atoms with E-state index in [1.165, 1.54) is 49.3 Å². The van der Waals surface area contributed by atoms with E-state index in [9.17, 15) is 18.3 Å². The SMILES string of the molecule is Cc1cc(S(=O)(=O)N(CC(=O)N(C)C)c2ccc(Cl)cc2C(O)c2ccccc2Cl)c(Cl)cc1Cl. The van der Waals surface area contributed by atoms with Crippen LogP contribution in [0.25, 0.3) is 0 Å². The van der Waals surface area contributed by atoms with Crippen LogP contribution in [0, 0.1) is 6.92 Å². The fourth-order valence-electron chi connectivity index (χ4n) is 3.35. The van der Waals surface area contributed by atoms with Crippen molar-refractivity contribution >= 4 is 68.0 Å². The largest absolute Gasteiger partial charge is 0.384 e. The Balaban J connectivity index is 2.28. The molecule has 1 amide bonds. The molecule has 0 radical (unpaired) electrons. The highest BCUT2D eigenvalue weighted by atomic mass is 35.5. The fourth-order valence-corrected chi connectivity index (χ4v) is 6.02. The maximum absolute atomic E-state index is 13.9. The summed E-state index contributed by atoms with van der Waals surface area (Å²) in [6.07, 6.45) is -1.34. The number of aliphatic hydroxyl groups excluding tert-OH is 1. The van der Waals surface area contributed by atoms with E-state index in [1.54, 1.807) is 31.2 Å². The van der Waals surface area contributed by atoms with Crippen molar-refractivity contribution in [1.29, 1.82) is 0 Å². The maximum atomic E-state index is 13.9. The van der Waals surface area contributed by atoms with Crippen molar-refractivity contribution in [1.82, 2.24) is 4.90 Å². The number of hydrogen-bond donors (Lipinski definition) is 1. The Morgan fingerprint density at radius 1 is 0.914 bits per heavy atom. The molecule has 1 unspecified atom stereocenters. The summed E-state index contributed by atoms with van der Waals surface area (Å²) in [6.45, 7) is 1.08. The number of hydrogen-bond acceptors (Lipinski definition) is 4. The van der Waals surface area contributed by atoms with Crippen LogP contribution in [0.1, 0.15) is 22.8 Å². The number of carbonyl (C=O) groups is 1.